The highest BCUT2D eigenvalue weighted by Crippen LogP contribution is 2.31. The number of pyridine rings is 1. The van der Waals surface area contributed by atoms with Gasteiger partial charge in [-0.05, 0) is 13.0 Å². The molecule has 106 valence electrons. The Morgan fingerprint density at radius 1 is 1.35 bits per heavy atom. The van der Waals surface area contributed by atoms with E-state index >= 15 is 0 Å². The van der Waals surface area contributed by atoms with E-state index in [4.69, 9.17) is 11.6 Å². The maximum atomic E-state index is 11.9. The van der Waals surface area contributed by atoms with E-state index in [9.17, 15) is 4.79 Å². The zero-order valence-corrected chi connectivity index (χ0v) is 12.7. The van der Waals surface area contributed by atoms with E-state index in [0.717, 1.165) is 28.0 Å². The average Bonchev–Trinajstić information content (AvgIpc) is 2.41. The Kier molecular flexibility index (Phi) is 4.45. The lowest BCUT2D eigenvalue weighted by atomic mass is 10.1. The molecule has 0 radical (unpaired) electrons. The Balaban J connectivity index is 2.59. The molecule has 0 aliphatic carbocycles. The molecule has 0 saturated carbocycles. The van der Waals surface area contributed by atoms with Gasteiger partial charge in [-0.25, -0.2) is 4.98 Å². The highest BCUT2D eigenvalue weighted by atomic mass is 35.5. The molecule has 20 heavy (non-hydrogen) atoms. The molecular formula is C15H18ClN3O. The quantitative estimate of drug-likeness (QED) is 0.880. The minimum Gasteiger partial charge on any atom is -0.362 e. The van der Waals surface area contributed by atoms with Gasteiger partial charge in [0.15, 0.2) is 0 Å². The van der Waals surface area contributed by atoms with Crippen molar-refractivity contribution < 1.29 is 4.79 Å². The van der Waals surface area contributed by atoms with Gasteiger partial charge in [-0.2, -0.15) is 0 Å². The van der Waals surface area contributed by atoms with Crippen molar-refractivity contribution in [2.24, 2.45) is 0 Å². The number of rotatable bonds is 4. The molecule has 0 fully saturated rings. The number of aromatic nitrogens is 1. The van der Waals surface area contributed by atoms with Crippen LogP contribution in [0.15, 0.2) is 24.3 Å². The SMILES string of the molecule is Cc1c(N(C)C)nc2ccccc2c1NC(=O)CCCl. The number of carbonyl (C=O) groups excluding carboxylic acids is 1. The van der Waals surface area contributed by atoms with Crippen LogP contribution in [-0.4, -0.2) is 30.9 Å². The van der Waals surface area contributed by atoms with Crippen LogP contribution in [0.25, 0.3) is 10.9 Å². The predicted molar refractivity (Wildman–Crippen MR) is 84.8 cm³/mol. The Labute approximate surface area is 123 Å². The molecule has 1 aromatic carbocycles. The van der Waals surface area contributed by atoms with E-state index in [1.807, 2.05) is 50.2 Å². The minimum atomic E-state index is -0.0795. The van der Waals surface area contributed by atoms with Crippen LogP contribution >= 0.6 is 11.6 Å². The van der Waals surface area contributed by atoms with E-state index in [0.29, 0.717) is 12.3 Å². The largest absolute Gasteiger partial charge is 0.362 e. The fourth-order valence-electron chi connectivity index (χ4n) is 2.18. The fourth-order valence-corrected chi connectivity index (χ4v) is 2.35. The summed E-state index contributed by atoms with van der Waals surface area (Å²) in [6, 6.07) is 7.79. The summed E-state index contributed by atoms with van der Waals surface area (Å²) in [4.78, 5) is 18.4. The molecule has 1 N–H and O–H groups in total. The van der Waals surface area contributed by atoms with E-state index in [1.165, 1.54) is 0 Å². The van der Waals surface area contributed by atoms with Crippen LogP contribution in [0.4, 0.5) is 11.5 Å². The van der Waals surface area contributed by atoms with Gasteiger partial charge in [0.2, 0.25) is 5.91 Å². The first-order valence-electron chi connectivity index (χ1n) is 6.47. The molecular weight excluding hydrogens is 274 g/mol. The molecule has 0 aliphatic heterocycles. The summed E-state index contributed by atoms with van der Waals surface area (Å²) in [7, 11) is 3.88. The van der Waals surface area contributed by atoms with Gasteiger partial charge in [-0.15, -0.1) is 11.6 Å². The van der Waals surface area contributed by atoms with Crippen LogP contribution in [0.1, 0.15) is 12.0 Å². The number of benzene rings is 1. The van der Waals surface area contributed by atoms with Crippen molar-refractivity contribution in [2.75, 3.05) is 30.2 Å². The first-order valence-corrected chi connectivity index (χ1v) is 7.00. The third-order valence-electron chi connectivity index (χ3n) is 3.12. The van der Waals surface area contributed by atoms with Gasteiger partial charge in [0.05, 0.1) is 11.2 Å². The Morgan fingerprint density at radius 3 is 2.70 bits per heavy atom. The molecule has 1 aromatic heterocycles. The second-order valence-electron chi connectivity index (χ2n) is 4.83. The molecule has 4 nitrogen and oxygen atoms in total. The van der Waals surface area contributed by atoms with Gasteiger partial charge < -0.3 is 10.2 Å². The van der Waals surface area contributed by atoms with Crippen molar-refractivity contribution in [1.82, 2.24) is 4.98 Å². The first kappa shape index (κ1) is 14.6. The summed E-state index contributed by atoms with van der Waals surface area (Å²) < 4.78 is 0. The van der Waals surface area contributed by atoms with E-state index < -0.39 is 0 Å². The summed E-state index contributed by atoms with van der Waals surface area (Å²) in [5.74, 6) is 1.09. The van der Waals surface area contributed by atoms with Gasteiger partial charge in [0.25, 0.3) is 0 Å². The zero-order valence-electron chi connectivity index (χ0n) is 11.9. The van der Waals surface area contributed by atoms with Crippen molar-refractivity contribution in [1.29, 1.82) is 0 Å². The van der Waals surface area contributed by atoms with Crippen LogP contribution < -0.4 is 10.2 Å². The van der Waals surface area contributed by atoms with Gasteiger partial charge >= 0.3 is 0 Å². The fraction of sp³-hybridized carbons (Fsp3) is 0.333. The van der Waals surface area contributed by atoms with Gasteiger partial charge in [0, 0.05) is 37.3 Å². The normalized spacial score (nSPS) is 10.6. The summed E-state index contributed by atoms with van der Waals surface area (Å²) in [6.45, 7) is 1.96. The maximum absolute atomic E-state index is 11.9. The van der Waals surface area contributed by atoms with Crippen molar-refractivity contribution in [2.45, 2.75) is 13.3 Å². The molecule has 2 aromatic rings. The Bertz CT molecular complexity index is 640. The minimum absolute atomic E-state index is 0.0795. The summed E-state index contributed by atoms with van der Waals surface area (Å²) >= 11 is 5.62. The lowest BCUT2D eigenvalue weighted by Gasteiger charge is -2.19. The third kappa shape index (κ3) is 2.85. The smallest absolute Gasteiger partial charge is 0.225 e. The third-order valence-corrected chi connectivity index (χ3v) is 3.31. The molecule has 2 rings (SSSR count). The summed E-state index contributed by atoms with van der Waals surface area (Å²) in [5.41, 5.74) is 2.63. The highest BCUT2D eigenvalue weighted by Gasteiger charge is 2.14. The number of carbonyl (C=O) groups is 1. The molecule has 1 heterocycles. The second-order valence-corrected chi connectivity index (χ2v) is 5.21. The number of halogens is 1. The number of hydrogen-bond donors (Lipinski definition) is 1. The number of para-hydroxylation sites is 1. The summed E-state index contributed by atoms with van der Waals surface area (Å²) in [5, 5.41) is 3.90. The van der Waals surface area contributed by atoms with Gasteiger partial charge in [-0.1, -0.05) is 18.2 Å². The molecule has 0 bridgehead atoms. The first-order chi connectivity index (χ1) is 9.54. The van der Waals surface area contributed by atoms with Gasteiger partial charge in [0.1, 0.15) is 5.82 Å². The number of anilines is 2. The van der Waals surface area contributed by atoms with Gasteiger partial charge in [-0.3, -0.25) is 4.79 Å². The molecule has 0 spiro atoms. The standard InChI is InChI=1S/C15H18ClN3O/c1-10-14(18-13(20)8-9-16)11-6-4-5-7-12(11)17-15(10)19(2)3/h4-7H,8-9H2,1-3H3,(H,17,18,20). The van der Waals surface area contributed by atoms with E-state index in [1.54, 1.807) is 0 Å². The molecule has 0 atom stereocenters. The molecule has 1 amide bonds. The van der Waals surface area contributed by atoms with Crippen molar-refractivity contribution in [3.05, 3.63) is 29.8 Å². The highest BCUT2D eigenvalue weighted by molar-refractivity contribution is 6.19. The number of nitrogens with zero attached hydrogens (tertiary/aromatic N) is 2. The number of nitrogens with one attached hydrogen (secondary N) is 1. The van der Waals surface area contributed by atoms with E-state index in [-0.39, 0.29) is 5.91 Å². The zero-order chi connectivity index (χ0) is 14.7. The second kappa shape index (κ2) is 6.09. The number of amides is 1. The van der Waals surface area contributed by atoms with Crippen LogP contribution in [0.3, 0.4) is 0 Å². The van der Waals surface area contributed by atoms with Crippen LogP contribution in [0.2, 0.25) is 0 Å². The predicted octanol–water partition coefficient (Wildman–Crippen LogP) is 3.18. The lowest BCUT2D eigenvalue weighted by Crippen LogP contribution is -2.17. The van der Waals surface area contributed by atoms with Crippen molar-refractivity contribution in [3.63, 3.8) is 0 Å². The van der Waals surface area contributed by atoms with Crippen molar-refractivity contribution in [3.8, 4) is 0 Å². The monoisotopic (exact) mass is 291 g/mol. The van der Waals surface area contributed by atoms with Crippen LogP contribution in [-0.2, 0) is 4.79 Å². The Hall–Kier alpha value is -1.81. The molecule has 0 saturated heterocycles. The van der Waals surface area contributed by atoms with E-state index in [2.05, 4.69) is 10.3 Å². The number of fused-ring (bicyclic) bond motifs is 1. The van der Waals surface area contributed by atoms with Crippen LogP contribution in [0.5, 0.6) is 0 Å². The summed E-state index contributed by atoms with van der Waals surface area (Å²) in [6.07, 6.45) is 0.301. The lowest BCUT2D eigenvalue weighted by molar-refractivity contribution is -0.115. The molecule has 0 aliphatic rings. The van der Waals surface area contributed by atoms with Crippen molar-refractivity contribution >= 4 is 39.9 Å². The number of hydrogen-bond acceptors (Lipinski definition) is 3. The molecule has 0 unspecified atom stereocenters. The molecule has 5 heteroatoms. The van der Waals surface area contributed by atoms with Crippen LogP contribution in [0, 0.1) is 6.92 Å². The number of alkyl halides is 1. The average molecular weight is 292 g/mol. The maximum Gasteiger partial charge on any atom is 0.225 e. The topological polar surface area (TPSA) is 45.2 Å². The Morgan fingerprint density at radius 2 is 2.05 bits per heavy atom.